The van der Waals surface area contributed by atoms with E-state index in [1.807, 2.05) is 26.8 Å². The third-order valence-electron chi connectivity index (χ3n) is 3.54. The van der Waals surface area contributed by atoms with Gasteiger partial charge in [-0.3, -0.25) is 4.79 Å². The van der Waals surface area contributed by atoms with Gasteiger partial charge in [0, 0.05) is 5.41 Å². The maximum atomic E-state index is 12.1. The molecule has 0 aromatic heterocycles. The van der Waals surface area contributed by atoms with E-state index in [1.165, 1.54) is 24.6 Å². The minimum Gasteiger partial charge on any atom is -0.450 e. The summed E-state index contributed by atoms with van der Waals surface area (Å²) in [6.07, 6.45) is 7.37. The van der Waals surface area contributed by atoms with Crippen molar-refractivity contribution in [1.29, 1.82) is 0 Å². The van der Waals surface area contributed by atoms with Crippen molar-refractivity contribution in [1.82, 2.24) is 0 Å². The average Bonchev–Trinajstić information content (AvgIpc) is 2.66. The molecule has 0 radical (unpaired) electrons. The summed E-state index contributed by atoms with van der Waals surface area (Å²) in [5, 5.41) is 10.3. The number of esters is 1. The fourth-order valence-electron chi connectivity index (χ4n) is 1.97. The first-order valence-electron chi connectivity index (χ1n) is 7.45. The van der Waals surface area contributed by atoms with Crippen molar-refractivity contribution < 1.29 is 14.6 Å². The number of cyclic esters (lactones) is 1. The summed E-state index contributed by atoms with van der Waals surface area (Å²) in [7, 11) is 0. The Balaban J connectivity index is 2.62. The summed E-state index contributed by atoms with van der Waals surface area (Å²) in [4.78, 5) is 12.1. The highest BCUT2D eigenvalue weighted by molar-refractivity contribution is 8.02. The Morgan fingerprint density at radius 1 is 1.45 bits per heavy atom. The van der Waals surface area contributed by atoms with Gasteiger partial charge in [-0.1, -0.05) is 64.5 Å². The van der Waals surface area contributed by atoms with Gasteiger partial charge >= 0.3 is 5.97 Å². The predicted molar refractivity (Wildman–Crippen MR) is 84.6 cm³/mol. The van der Waals surface area contributed by atoms with Crippen LogP contribution in [0.25, 0.3) is 0 Å². The first-order valence-corrected chi connectivity index (χ1v) is 8.33. The fraction of sp³-hybridized carbons (Fsp3) is 0.812. The zero-order valence-electron chi connectivity index (χ0n) is 13.3. The number of thioether (sulfide) groups is 1. The molecule has 1 aliphatic rings. The molecule has 0 aromatic rings. The molecule has 1 aliphatic heterocycles. The molecule has 0 aromatic carbocycles. The summed E-state index contributed by atoms with van der Waals surface area (Å²) in [6.45, 7) is 10.0. The summed E-state index contributed by atoms with van der Waals surface area (Å²) in [6, 6.07) is 0. The maximum absolute atomic E-state index is 12.1. The molecule has 4 heteroatoms. The van der Waals surface area contributed by atoms with Gasteiger partial charge in [0.1, 0.15) is 4.75 Å². The number of hydrogen-bond donors (Lipinski definition) is 1. The second-order valence-electron chi connectivity index (χ2n) is 6.70. The zero-order valence-corrected chi connectivity index (χ0v) is 14.1. The Morgan fingerprint density at radius 2 is 2.10 bits per heavy atom. The standard InChI is InChI=1S/C16H28O3S/c1-6-7-8-9-10-11-12(17)16(5)13(18)19-14(20-16)15(2,3)4/h10-12,14,17H,6-9H2,1-5H3/b11-10+/t12?,14-,16-/m1/s1. The van der Waals surface area contributed by atoms with Gasteiger partial charge in [0.2, 0.25) is 0 Å². The molecule has 0 saturated carbocycles. The Morgan fingerprint density at radius 3 is 2.60 bits per heavy atom. The number of unbranched alkanes of at least 4 members (excludes halogenated alkanes) is 3. The van der Waals surface area contributed by atoms with Crippen LogP contribution >= 0.6 is 11.8 Å². The van der Waals surface area contributed by atoms with Crippen LogP contribution in [0.3, 0.4) is 0 Å². The van der Waals surface area contributed by atoms with Crippen LogP contribution < -0.4 is 0 Å². The van der Waals surface area contributed by atoms with E-state index in [4.69, 9.17) is 4.74 Å². The zero-order chi connectivity index (χ0) is 15.4. The van der Waals surface area contributed by atoms with E-state index in [-0.39, 0.29) is 16.8 Å². The molecule has 3 atom stereocenters. The van der Waals surface area contributed by atoms with Gasteiger partial charge in [-0.25, -0.2) is 0 Å². The smallest absolute Gasteiger partial charge is 0.326 e. The first kappa shape index (κ1) is 17.6. The van der Waals surface area contributed by atoms with Crippen molar-refractivity contribution in [3.63, 3.8) is 0 Å². The first-order chi connectivity index (χ1) is 9.21. The molecule has 0 spiro atoms. The number of carbonyl (C=O) groups is 1. The predicted octanol–water partition coefficient (Wildman–Crippen LogP) is 3.90. The molecule has 0 amide bonds. The molecule has 0 bridgehead atoms. The number of aliphatic hydroxyl groups is 1. The molecular formula is C16H28O3S. The lowest BCUT2D eigenvalue weighted by molar-refractivity contribution is -0.149. The number of hydrogen-bond acceptors (Lipinski definition) is 4. The highest BCUT2D eigenvalue weighted by Crippen LogP contribution is 2.47. The van der Waals surface area contributed by atoms with Crippen LogP contribution in [0.1, 0.15) is 60.3 Å². The molecule has 1 rings (SSSR count). The molecule has 3 nitrogen and oxygen atoms in total. The Kier molecular flexibility index (Phi) is 6.14. The van der Waals surface area contributed by atoms with E-state index in [1.54, 1.807) is 13.0 Å². The number of allylic oxidation sites excluding steroid dienone is 1. The Hall–Kier alpha value is -0.480. The highest BCUT2D eigenvalue weighted by Gasteiger charge is 2.53. The second-order valence-corrected chi connectivity index (χ2v) is 8.21. The Bertz CT molecular complexity index is 359. The van der Waals surface area contributed by atoms with Crippen molar-refractivity contribution in [3.8, 4) is 0 Å². The molecular weight excluding hydrogens is 272 g/mol. The van der Waals surface area contributed by atoms with Crippen LogP contribution in [-0.4, -0.2) is 27.4 Å². The second kappa shape index (κ2) is 6.99. The molecule has 1 saturated heterocycles. The van der Waals surface area contributed by atoms with Crippen LogP contribution in [0.5, 0.6) is 0 Å². The van der Waals surface area contributed by atoms with Gasteiger partial charge in [0.05, 0.1) is 6.10 Å². The van der Waals surface area contributed by atoms with E-state index in [0.29, 0.717) is 0 Å². The van der Waals surface area contributed by atoms with Crippen molar-refractivity contribution >= 4 is 17.7 Å². The van der Waals surface area contributed by atoms with Crippen molar-refractivity contribution in [2.24, 2.45) is 5.41 Å². The molecule has 0 aliphatic carbocycles. The molecule has 20 heavy (non-hydrogen) atoms. The van der Waals surface area contributed by atoms with Crippen LogP contribution in [0.15, 0.2) is 12.2 Å². The average molecular weight is 300 g/mol. The molecule has 1 unspecified atom stereocenters. The number of ether oxygens (including phenoxy) is 1. The maximum Gasteiger partial charge on any atom is 0.326 e. The van der Waals surface area contributed by atoms with Gasteiger partial charge in [0.25, 0.3) is 0 Å². The lowest BCUT2D eigenvalue weighted by Crippen LogP contribution is -2.39. The van der Waals surface area contributed by atoms with Crippen LogP contribution in [-0.2, 0) is 9.53 Å². The van der Waals surface area contributed by atoms with E-state index >= 15 is 0 Å². The fourth-order valence-corrected chi connectivity index (χ4v) is 3.27. The Labute approximate surface area is 127 Å². The van der Waals surface area contributed by atoms with E-state index < -0.39 is 10.9 Å². The normalized spacial score (nSPS) is 28.9. The summed E-state index contributed by atoms with van der Waals surface area (Å²) in [5.74, 6) is -0.312. The van der Waals surface area contributed by atoms with Gasteiger partial charge < -0.3 is 9.84 Å². The summed E-state index contributed by atoms with van der Waals surface area (Å²) < 4.78 is 4.55. The summed E-state index contributed by atoms with van der Waals surface area (Å²) in [5.41, 5.74) is -0.328. The molecule has 1 fully saturated rings. The third kappa shape index (κ3) is 4.26. The molecule has 1 N–H and O–H groups in total. The van der Waals surface area contributed by atoms with E-state index in [0.717, 1.165) is 12.8 Å². The minimum absolute atomic E-state index is 0.122. The minimum atomic E-state index is -0.890. The summed E-state index contributed by atoms with van der Waals surface area (Å²) >= 11 is 1.43. The highest BCUT2D eigenvalue weighted by atomic mass is 32.2. The number of aliphatic hydroxyl groups excluding tert-OH is 1. The quantitative estimate of drug-likeness (QED) is 0.459. The van der Waals surface area contributed by atoms with Crippen molar-refractivity contribution in [2.75, 3.05) is 0 Å². The number of carbonyl (C=O) groups excluding carboxylic acids is 1. The van der Waals surface area contributed by atoms with Crippen LogP contribution in [0.2, 0.25) is 0 Å². The topological polar surface area (TPSA) is 46.5 Å². The monoisotopic (exact) mass is 300 g/mol. The van der Waals surface area contributed by atoms with E-state index in [9.17, 15) is 9.90 Å². The van der Waals surface area contributed by atoms with Crippen molar-refractivity contribution in [3.05, 3.63) is 12.2 Å². The lowest BCUT2D eigenvalue weighted by Gasteiger charge is -2.26. The van der Waals surface area contributed by atoms with Crippen LogP contribution in [0.4, 0.5) is 0 Å². The van der Waals surface area contributed by atoms with Crippen molar-refractivity contribution in [2.45, 2.75) is 76.6 Å². The van der Waals surface area contributed by atoms with Gasteiger partial charge in [-0.2, -0.15) is 0 Å². The molecule has 1 heterocycles. The van der Waals surface area contributed by atoms with Gasteiger partial charge in [-0.15, -0.1) is 0 Å². The SMILES string of the molecule is CCCCC/C=C/C(O)[C@@]1(C)S[C@H](C(C)(C)C)OC1=O. The van der Waals surface area contributed by atoms with Gasteiger partial charge in [-0.05, 0) is 19.8 Å². The number of rotatable bonds is 6. The lowest BCUT2D eigenvalue weighted by atomic mass is 9.98. The van der Waals surface area contributed by atoms with Crippen LogP contribution in [0, 0.1) is 5.41 Å². The van der Waals surface area contributed by atoms with E-state index in [2.05, 4.69) is 6.92 Å². The molecule has 116 valence electrons. The largest absolute Gasteiger partial charge is 0.450 e. The van der Waals surface area contributed by atoms with Gasteiger partial charge in [0.15, 0.2) is 5.44 Å². The third-order valence-corrected chi connectivity index (χ3v) is 5.45.